The van der Waals surface area contributed by atoms with E-state index in [1.165, 1.54) is 18.2 Å². The van der Waals surface area contributed by atoms with Gasteiger partial charge in [0, 0.05) is 26.1 Å². The number of nitrogen functional groups attached to an aromatic ring is 1. The van der Waals surface area contributed by atoms with E-state index in [1.54, 1.807) is 0 Å². The van der Waals surface area contributed by atoms with Crippen molar-refractivity contribution in [1.82, 2.24) is 4.90 Å². The van der Waals surface area contributed by atoms with Gasteiger partial charge >= 0.3 is 0 Å². The second kappa shape index (κ2) is 6.87. The first kappa shape index (κ1) is 15.7. The van der Waals surface area contributed by atoms with Crippen LogP contribution >= 0.6 is 0 Å². The van der Waals surface area contributed by atoms with Gasteiger partial charge < -0.3 is 15.8 Å². The number of hydrogen-bond acceptors (Lipinski definition) is 4. The molecule has 1 heterocycles. The zero-order valence-electron chi connectivity index (χ0n) is 12.4. The third kappa shape index (κ3) is 4.68. The molecule has 1 aliphatic rings. The van der Waals surface area contributed by atoms with E-state index in [0.717, 1.165) is 13.1 Å². The molecule has 2 rings (SSSR count). The van der Waals surface area contributed by atoms with Crippen LogP contribution in [0.15, 0.2) is 18.2 Å². The third-order valence-electron chi connectivity index (χ3n) is 3.44. The maximum absolute atomic E-state index is 12.9. The van der Waals surface area contributed by atoms with Gasteiger partial charge in [0.05, 0.1) is 23.6 Å². The summed E-state index contributed by atoms with van der Waals surface area (Å²) in [5.41, 5.74) is 6.35. The molecule has 1 fully saturated rings. The number of anilines is 2. The molecule has 21 heavy (non-hydrogen) atoms. The Bertz CT molecular complexity index is 500. The lowest BCUT2D eigenvalue weighted by molar-refractivity contribution is -0.117. The van der Waals surface area contributed by atoms with Crippen molar-refractivity contribution in [2.24, 2.45) is 0 Å². The zero-order chi connectivity index (χ0) is 15.4. The molecule has 0 bridgehead atoms. The van der Waals surface area contributed by atoms with E-state index in [0.29, 0.717) is 18.7 Å². The number of rotatable bonds is 4. The molecule has 0 aromatic heterocycles. The zero-order valence-corrected chi connectivity index (χ0v) is 12.4. The number of ether oxygens (including phenoxy) is 1. The molecular formula is C15H22FN3O2. The number of nitrogens with zero attached hydrogens (tertiary/aromatic N) is 1. The van der Waals surface area contributed by atoms with Crippen molar-refractivity contribution >= 4 is 17.3 Å². The second-order valence-electron chi connectivity index (χ2n) is 5.55. The van der Waals surface area contributed by atoms with Gasteiger partial charge in [-0.3, -0.25) is 9.69 Å². The Morgan fingerprint density at radius 2 is 2.10 bits per heavy atom. The van der Waals surface area contributed by atoms with Gasteiger partial charge in [0.15, 0.2) is 0 Å². The van der Waals surface area contributed by atoms with Crippen molar-refractivity contribution in [3.05, 3.63) is 24.0 Å². The summed E-state index contributed by atoms with van der Waals surface area (Å²) in [5, 5.41) is 2.71. The molecule has 5 nitrogen and oxygen atoms in total. The van der Waals surface area contributed by atoms with Gasteiger partial charge in [-0.25, -0.2) is 4.39 Å². The highest BCUT2D eigenvalue weighted by atomic mass is 19.1. The summed E-state index contributed by atoms with van der Waals surface area (Å²) in [7, 11) is 0. The summed E-state index contributed by atoms with van der Waals surface area (Å²) in [5.74, 6) is -0.540. The smallest absolute Gasteiger partial charge is 0.225 e. The lowest BCUT2D eigenvalue weighted by atomic mass is 10.2. The maximum Gasteiger partial charge on any atom is 0.225 e. The van der Waals surface area contributed by atoms with Crippen LogP contribution < -0.4 is 11.1 Å². The Hall–Kier alpha value is -1.66. The Labute approximate surface area is 124 Å². The number of amides is 1. The number of carbonyl (C=O) groups excluding carboxylic acids is 1. The molecule has 1 aromatic rings. The van der Waals surface area contributed by atoms with Crippen molar-refractivity contribution in [1.29, 1.82) is 0 Å². The first-order chi connectivity index (χ1) is 9.94. The van der Waals surface area contributed by atoms with Gasteiger partial charge in [-0.05, 0) is 32.0 Å². The van der Waals surface area contributed by atoms with Crippen LogP contribution in [0, 0.1) is 5.82 Å². The van der Waals surface area contributed by atoms with Crippen LogP contribution in [0.4, 0.5) is 15.8 Å². The summed E-state index contributed by atoms with van der Waals surface area (Å²) in [4.78, 5) is 14.2. The lowest BCUT2D eigenvalue weighted by Crippen LogP contribution is -2.46. The van der Waals surface area contributed by atoms with E-state index < -0.39 is 5.82 Å². The fourth-order valence-electron chi connectivity index (χ4n) is 2.59. The maximum atomic E-state index is 12.9. The Kier molecular flexibility index (Phi) is 5.14. The molecule has 0 radical (unpaired) electrons. The van der Waals surface area contributed by atoms with Crippen LogP contribution in [-0.2, 0) is 9.53 Å². The first-order valence-electron chi connectivity index (χ1n) is 7.16. The van der Waals surface area contributed by atoms with Gasteiger partial charge in [-0.1, -0.05) is 0 Å². The van der Waals surface area contributed by atoms with Crippen molar-refractivity contribution in [2.75, 3.05) is 30.7 Å². The van der Waals surface area contributed by atoms with Gasteiger partial charge in [0.2, 0.25) is 5.91 Å². The molecule has 1 saturated heterocycles. The minimum absolute atomic E-state index is 0.125. The van der Waals surface area contributed by atoms with Crippen molar-refractivity contribution in [3.63, 3.8) is 0 Å². The largest absolute Gasteiger partial charge is 0.397 e. The van der Waals surface area contributed by atoms with E-state index >= 15 is 0 Å². The molecule has 0 unspecified atom stereocenters. The minimum Gasteiger partial charge on any atom is -0.397 e. The lowest BCUT2D eigenvalue weighted by Gasteiger charge is -2.35. The monoisotopic (exact) mass is 295 g/mol. The van der Waals surface area contributed by atoms with Crippen LogP contribution in [0.5, 0.6) is 0 Å². The van der Waals surface area contributed by atoms with Crippen LogP contribution in [0.25, 0.3) is 0 Å². The predicted octanol–water partition coefficient (Wildman–Crippen LogP) is 1.85. The standard InChI is InChI=1S/C15H22FN3O2/c1-10-8-19(9-11(2)21-10)6-5-15(20)18-14-4-3-12(16)7-13(14)17/h3-4,7,10-11H,5-6,8-9,17H2,1-2H3,(H,18,20)/t10-,11+. The Morgan fingerprint density at radius 1 is 1.43 bits per heavy atom. The fraction of sp³-hybridized carbons (Fsp3) is 0.533. The van der Waals surface area contributed by atoms with Gasteiger partial charge in [-0.2, -0.15) is 0 Å². The molecule has 3 N–H and O–H groups in total. The fourth-order valence-corrected chi connectivity index (χ4v) is 2.59. The molecular weight excluding hydrogens is 273 g/mol. The summed E-state index contributed by atoms with van der Waals surface area (Å²) >= 11 is 0. The average molecular weight is 295 g/mol. The van der Waals surface area contributed by atoms with Crippen LogP contribution in [-0.4, -0.2) is 42.6 Å². The normalized spacial score (nSPS) is 23.0. The molecule has 0 aliphatic carbocycles. The summed E-state index contributed by atoms with van der Waals surface area (Å²) in [6, 6.07) is 3.94. The van der Waals surface area contributed by atoms with Gasteiger partial charge in [0.25, 0.3) is 0 Å². The quantitative estimate of drug-likeness (QED) is 0.832. The molecule has 116 valence electrons. The molecule has 0 saturated carbocycles. The molecule has 2 atom stereocenters. The molecule has 1 amide bonds. The summed E-state index contributed by atoms with van der Waals surface area (Å²) in [6.45, 7) is 6.39. The van der Waals surface area contributed by atoms with Crippen LogP contribution in [0.2, 0.25) is 0 Å². The SMILES string of the molecule is C[C@@H]1CN(CCC(=O)Nc2ccc(F)cc2N)C[C@H](C)O1. The average Bonchev–Trinajstić information content (AvgIpc) is 2.39. The first-order valence-corrected chi connectivity index (χ1v) is 7.16. The highest BCUT2D eigenvalue weighted by molar-refractivity contribution is 5.93. The topological polar surface area (TPSA) is 67.6 Å². The number of benzene rings is 1. The van der Waals surface area contributed by atoms with Crippen molar-refractivity contribution in [2.45, 2.75) is 32.5 Å². The van der Waals surface area contributed by atoms with Crippen molar-refractivity contribution in [3.8, 4) is 0 Å². The van der Waals surface area contributed by atoms with Crippen LogP contribution in [0.3, 0.4) is 0 Å². The van der Waals surface area contributed by atoms with Gasteiger partial charge in [-0.15, -0.1) is 0 Å². The van der Waals surface area contributed by atoms with Crippen LogP contribution in [0.1, 0.15) is 20.3 Å². The summed E-state index contributed by atoms with van der Waals surface area (Å²) in [6.07, 6.45) is 0.741. The van der Waals surface area contributed by atoms with E-state index in [2.05, 4.69) is 10.2 Å². The van der Waals surface area contributed by atoms with Gasteiger partial charge in [0.1, 0.15) is 5.82 Å². The summed E-state index contributed by atoms with van der Waals surface area (Å²) < 4.78 is 18.6. The predicted molar refractivity (Wildman–Crippen MR) is 80.5 cm³/mol. The van der Waals surface area contributed by atoms with E-state index in [4.69, 9.17) is 10.5 Å². The Morgan fingerprint density at radius 3 is 2.71 bits per heavy atom. The highest BCUT2D eigenvalue weighted by Crippen LogP contribution is 2.19. The second-order valence-corrected chi connectivity index (χ2v) is 5.55. The number of halogens is 1. The number of nitrogens with one attached hydrogen (secondary N) is 1. The van der Waals surface area contributed by atoms with E-state index in [9.17, 15) is 9.18 Å². The third-order valence-corrected chi connectivity index (χ3v) is 3.44. The minimum atomic E-state index is -0.415. The van der Waals surface area contributed by atoms with Crippen molar-refractivity contribution < 1.29 is 13.9 Å². The molecule has 1 aromatic carbocycles. The number of hydrogen-bond donors (Lipinski definition) is 2. The van der Waals surface area contributed by atoms with E-state index in [-0.39, 0.29) is 23.8 Å². The molecule has 0 spiro atoms. The number of nitrogens with two attached hydrogens (primary N) is 1. The molecule has 6 heteroatoms. The Balaban J connectivity index is 1.82. The number of morpholine rings is 1. The van der Waals surface area contributed by atoms with E-state index in [1.807, 2.05) is 13.8 Å². The molecule has 1 aliphatic heterocycles. The number of carbonyl (C=O) groups is 1. The highest BCUT2D eigenvalue weighted by Gasteiger charge is 2.22.